The largest absolute Gasteiger partial charge is 0.573 e. The molecule has 1 atom stereocenters. The van der Waals surface area contributed by atoms with Gasteiger partial charge in [0, 0.05) is 11.3 Å². The summed E-state index contributed by atoms with van der Waals surface area (Å²) >= 11 is 5.45. The van der Waals surface area contributed by atoms with Crippen LogP contribution in [0.4, 0.5) is 24.5 Å². The summed E-state index contributed by atoms with van der Waals surface area (Å²) in [7, 11) is 1.63. The van der Waals surface area contributed by atoms with E-state index in [1.807, 2.05) is 49.4 Å². The Morgan fingerprint density at radius 1 is 1.03 bits per heavy atom. The quantitative estimate of drug-likeness (QED) is 0.193. The minimum Gasteiger partial charge on any atom is -0.497 e. The van der Waals surface area contributed by atoms with Gasteiger partial charge in [-0.1, -0.05) is 30.3 Å². The number of methoxy groups -OCH3 is 1. The van der Waals surface area contributed by atoms with Gasteiger partial charge in [0.25, 0.3) is 0 Å². The van der Waals surface area contributed by atoms with Crippen LogP contribution in [-0.4, -0.2) is 36.8 Å². The number of rotatable bonds is 8. The van der Waals surface area contributed by atoms with Crippen LogP contribution < -0.4 is 25.8 Å². The van der Waals surface area contributed by atoms with E-state index in [1.54, 1.807) is 7.11 Å². The van der Waals surface area contributed by atoms with Crippen LogP contribution >= 0.6 is 12.2 Å². The summed E-state index contributed by atoms with van der Waals surface area (Å²) in [5, 5.41) is 6.99. The van der Waals surface area contributed by atoms with Crippen LogP contribution in [-0.2, 0) is 0 Å². The van der Waals surface area contributed by atoms with Gasteiger partial charge in [-0.3, -0.25) is 0 Å². The van der Waals surface area contributed by atoms with Crippen molar-refractivity contribution in [1.29, 1.82) is 0 Å². The number of halogens is 3. The zero-order valence-electron chi connectivity index (χ0n) is 20.4. The van der Waals surface area contributed by atoms with Crippen LogP contribution in [0.25, 0.3) is 5.57 Å². The minimum absolute atomic E-state index is 0.0328. The molecule has 0 fully saturated rings. The molecular formula is C27H24F3N5O2S. The van der Waals surface area contributed by atoms with Gasteiger partial charge in [-0.05, 0) is 78.3 Å². The molecule has 0 saturated carbocycles. The molecule has 7 nitrogen and oxygen atoms in total. The lowest BCUT2D eigenvalue weighted by atomic mass is 10.1. The molecule has 0 amide bonds. The van der Waals surface area contributed by atoms with Crippen LogP contribution in [0.1, 0.15) is 16.7 Å². The molecule has 1 aliphatic rings. The van der Waals surface area contributed by atoms with Crippen molar-refractivity contribution in [2.75, 3.05) is 12.4 Å². The third-order valence-electron chi connectivity index (χ3n) is 5.53. The maximum absolute atomic E-state index is 12.2. The number of hydrogen-bond acceptors (Lipinski definition) is 4. The van der Waals surface area contributed by atoms with Crippen LogP contribution in [0.3, 0.4) is 0 Å². The Morgan fingerprint density at radius 3 is 2.34 bits per heavy atom. The molecule has 0 radical (unpaired) electrons. The zero-order chi connectivity index (χ0) is 27.3. The summed E-state index contributed by atoms with van der Waals surface area (Å²) in [4.78, 5) is 8.18. The average Bonchev–Trinajstić information content (AvgIpc) is 3.64. The monoisotopic (exact) mass is 539 g/mol. The number of nitrogens with one attached hydrogen (secondary N) is 2. The lowest BCUT2D eigenvalue weighted by molar-refractivity contribution is -0.274. The second-order valence-electron chi connectivity index (χ2n) is 8.26. The molecular weight excluding hydrogens is 515 g/mol. The maximum atomic E-state index is 12.2. The van der Waals surface area contributed by atoms with E-state index in [2.05, 4.69) is 31.4 Å². The second kappa shape index (κ2) is 11.3. The Bertz CT molecular complexity index is 1400. The van der Waals surface area contributed by atoms with Crippen molar-refractivity contribution in [1.82, 2.24) is 5.32 Å². The number of aliphatic imine (C=N–C) groups is 2. The molecule has 4 N–H and O–H groups in total. The van der Waals surface area contributed by atoms with Crippen molar-refractivity contribution >= 4 is 46.5 Å². The molecule has 0 bridgehead atoms. The van der Waals surface area contributed by atoms with Crippen molar-refractivity contribution in [3.8, 4) is 11.5 Å². The first-order valence-corrected chi connectivity index (χ1v) is 11.8. The molecule has 0 saturated heterocycles. The van der Waals surface area contributed by atoms with E-state index >= 15 is 0 Å². The molecule has 0 spiro atoms. The SMILES string of the molecule is COc1ccc(NC(=S)NC2C=C2c2ccc(C(N)=NC=Nc3ccc(OC(F)(F)F)cc3)cc2)c(C)c1. The van der Waals surface area contributed by atoms with Crippen LogP contribution in [0.2, 0.25) is 0 Å². The van der Waals surface area contributed by atoms with Crippen molar-refractivity contribution in [3.05, 3.63) is 89.5 Å². The maximum Gasteiger partial charge on any atom is 0.573 e. The Morgan fingerprint density at radius 2 is 1.71 bits per heavy atom. The van der Waals surface area contributed by atoms with E-state index in [9.17, 15) is 13.2 Å². The fourth-order valence-corrected chi connectivity index (χ4v) is 3.77. The van der Waals surface area contributed by atoms with E-state index in [-0.39, 0.29) is 17.6 Å². The number of nitrogens with zero attached hydrogens (tertiary/aromatic N) is 2. The third-order valence-corrected chi connectivity index (χ3v) is 5.75. The Labute approximate surface area is 222 Å². The van der Waals surface area contributed by atoms with Gasteiger partial charge in [0.2, 0.25) is 0 Å². The summed E-state index contributed by atoms with van der Waals surface area (Å²) in [6, 6.07) is 18.4. The van der Waals surface area contributed by atoms with Gasteiger partial charge in [-0.25, -0.2) is 9.98 Å². The number of hydrogen-bond donors (Lipinski definition) is 3. The number of nitrogens with two attached hydrogens (primary N) is 1. The molecule has 3 aromatic rings. The van der Waals surface area contributed by atoms with Crippen LogP contribution in [0, 0.1) is 6.92 Å². The van der Waals surface area contributed by atoms with Gasteiger partial charge in [0.05, 0.1) is 18.8 Å². The first-order chi connectivity index (χ1) is 18.1. The third kappa shape index (κ3) is 7.32. The van der Waals surface area contributed by atoms with E-state index < -0.39 is 6.36 Å². The number of thiocarbonyl (C=S) groups is 1. The van der Waals surface area contributed by atoms with E-state index in [0.29, 0.717) is 16.4 Å². The molecule has 11 heteroatoms. The molecule has 1 aliphatic carbocycles. The van der Waals surface area contributed by atoms with Crippen LogP contribution in [0.5, 0.6) is 11.5 Å². The van der Waals surface area contributed by atoms with Gasteiger partial charge in [-0.15, -0.1) is 13.2 Å². The molecule has 4 rings (SSSR count). The number of anilines is 1. The number of amidine groups is 1. The smallest absolute Gasteiger partial charge is 0.497 e. The Kier molecular flexibility index (Phi) is 7.96. The van der Waals surface area contributed by atoms with Gasteiger partial charge >= 0.3 is 6.36 Å². The average molecular weight is 540 g/mol. The fraction of sp³-hybridized carbons (Fsp3) is 0.148. The highest BCUT2D eigenvalue weighted by atomic mass is 32.1. The van der Waals surface area contributed by atoms with Gasteiger partial charge in [0.15, 0.2) is 5.11 Å². The fourth-order valence-electron chi connectivity index (χ4n) is 3.53. The highest BCUT2D eigenvalue weighted by Gasteiger charge is 2.31. The first-order valence-electron chi connectivity index (χ1n) is 11.4. The molecule has 38 heavy (non-hydrogen) atoms. The predicted octanol–water partition coefficient (Wildman–Crippen LogP) is 5.72. The summed E-state index contributed by atoms with van der Waals surface area (Å²) < 4.78 is 45.8. The van der Waals surface area contributed by atoms with Gasteiger partial charge in [0.1, 0.15) is 23.7 Å². The standard InChI is InChI=1S/C27H24F3N5O2S/c1-16-13-21(36-2)11-12-23(16)34-26(38)35-24-14-22(24)17-3-5-18(6-4-17)25(31)33-15-32-19-7-9-20(10-8-19)37-27(28,29)30/h3-15,24H,1-2H3,(H2,31,32,33)(H2,34,35,38). The summed E-state index contributed by atoms with van der Waals surface area (Å²) in [5.41, 5.74) is 11.2. The minimum atomic E-state index is -4.74. The topological polar surface area (TPSA) is 93.3 Å². The van der Waals surface area contributed by atoms with Crippen molar-refractivity contribution in [2.24, 2.45) is 15.7 Å². The van der Waals surface area contributed by atoms with Crippen molar-refractivity contribution in [3.63, 3.8) is 0 Å². The van der Waals surface area contributed by atoms with E-state index in [0.717, 1.165) is 28.1 Å². The highest BCUT2D eigenvalue weighted by Crippen LogP contribution is 2.32. The second-order valence-corrected chi connectivity index (χ2v) is 8.67. The molecule has 0 aromatic heterocycles. The lowest BCUT2D eigenvalue weighted by Crippen LogP contribution is -2.31. The Hall–Kier alpha value is -4.38. The van der Waals surface area contributed by atoms with Crippen LogP contribution in [0.15, 0.2) is 82.8 Å². The number of alkyl halides is 3. The van der Waals surface area contributed by atoms with E-state index in [4.69, 9.17) is 22.7 Å². The highest BCUT2D eigenvalue weighted by molar-refractivity contribution is 7.80. The first kappa shape index (κ1) is 26.7. The van der Waals surface area contributed by atoms with Crippen molar-refractivity contribution in [2.45, 2.75) is 19.3 Å². The normalized spacial score (nSPS) is 15.1. The zero-order valence-corrected chi connectivity index (χ0v) is 21.2. The molecule has 3 aromatic carbocycles. The molecule has 0 aliphatic heterocycles. The number of benzene rings is 3. The summed E-state index contributed by atoms with van der Waals surface area (Å²) in [5.74, 6) is 0.706. The number of ether oxygens (including phenoxy) is 2. The van der Waals surface area contributed by atoms with Crippen molar-refractivity contribution < 1.29 is 22.6 Å². The van der Waals surface area contributed by atoms with Gasteiger partial charge in [-0.2, -0.15) is 0 Å². The Balaban J connectivity index is 1.28. The summed E-state index contributed by atoms with van der Waals surface area (Å²) in [6.07, 6.45) is -1.43. The lowest BCUT2D eigenvalue weighted by Gasteiger charge is -2.13. The number of aryl methyl sites for hydroxylation is 1. The summed E-state index contributed by atoms with van der Waals surface area (Å²) in [6.45, 7) is 1.98. The van der Waals surface area contributed by atoms with Gasteiger partial charge < -0.3 is 25.8 Å². The molecule has 196 valence electrons. The molecule has 1 unspecified atom stereocenters. The van der Waals surface area contributed by atoms with E-state index in [1.165, 1.54) is 30.6 Å². The predicted molar refractivity (Wildman–Crippen MR) is 147 cm³/mol. The molecule has 0 heterocycles.